The minimum Gasteiger partial charge on any atom is -0.465 e. The lowest BCUT2D eigenvalue weighted by molar-refractivity contribution is -0.157. The fourth-order valence-electron chi connectivity index (χ4n) is 1.77. The van der Waals surface area contributed by atoms with E-state index < -0.39 is 23.7 Å². The van der Waals surface area contributed by atoms with Crippen LogP contribution in [0.3, 0.4) is 0 Å². The second-order valence-electron chi connectivity index (χ2n) is 5.67. The Labute approximate surface area is 118 Å². The first-order valence-electron chi connectivity index (χ1n) is 6.46. The normalized spacial score (nSPS) is 12.6. The summed E-state index contributed by atoms with van der Waals surface area (Å²) < 4.78 is 5.25. The number of carbonyl (C=O) groups is 2. The van der Waals surface area contributed by atoms with E-state index in [0.717, 1.165) is 11.1 Å². The summed E-state index contributed by atoms with van der Waals surface area (Å²) in [6, 6.07) is 6.63. The van der Waals surface area contributed by atoms with Gasteiger partial charge in [0.25, 0.3) is 0 Å². The predicted octanol–water partition coefficient (Wildman–Crippen LogP) is 2.52. The highest BCUT2D eigenvalue weighted by molar-refractivity contribution is 5.81. The number of hydrogen-bond donors (Lipinski definition) is 2. The highest BCUT2D eigenvalue weighted by atomic mass is 16.6. The second-order valence-corrected chi connectivity index (χ2v) is 5.67. The van der Waals surface area contributed by atoms with Gasteiger partial charge in [-0.1, -0.05) is 24.3 Å². The highest BCUT2D eigenvalue weighted by Gasteiger charge is 2.27. The number of rotatable bonds is 4. The van der Waals surface area contributed by atoms with Crippen molar-refractivity contribution in [3.8, 4) is 0 Å². The second kappa shape index (κ2) is 6.41. The van der Waals surface area contributed by atoms with Crippen molar-refractivity contribution in [1.82, 2.24) is 5.32 Å². The zero-order valence-corrected chi connectivity index (χ0v) is 12.3. The van der Waals surface area contributed by atoms with Gasteiger partial charge in [-0.05, 0) is 38.8 Å². The molecule has 1 rings (SSSR count). The van der Waals surface area contributed by atoms with Crippen molar-refractivity contribution in [2.75, 3.05) is 0 Å². The molecule has 0 unspecified atom stereocenters. The Morgan fingerprint density at radius 3 is 2.40 bits per heavy atom. The molecule has 0 aromatic heterocycles. The molecule has 0 bridgehead atoms. The van der Waals surface area contributed by atoms with Gasteiger partial charge in [-0.15, -0.1) is 0 Å². The largest absolute Gasteiger partial charge is 0.465 e. The van der Waals surface area contributed by atoms with Crippen LogP contribution in [-0.2, 0) is 16.0 Å². The first-order chi connectivity index (χ1) is 9.19. The fraction of sp³-hybridized carbons (Fsp3) is 0.467. The molecule has 5 heteroatoms. The number of nitrogens with one attached hydrogen (secondary N) is 1. The van der Waals surface area contributed by atoms with Gasteiger partial charge in [0.2, 0.25) is 0 Å². The van der Waals surface area contributed by atoms with Crippen LogP contribution in [0, 0.1) is 6.92 Å². The van der Waals surface area contributed by atoms with Crippen molar-refractivity contribution in [2.45, 2.75) is 45.8 Å². The lowest BCUT2D eigenvalue weighted by atomic mass is 10.0. The van der Waals surface area contributed by atoms with Gasteiger partial charge in [0, 0.05) is 6.42 Å². The minimum absolute atomic E-state index is 0.272. The Balaban J connectivity index is 2.87. The molecule has 0 aliphatic heterocycles. The van der Waals surface area contributed by atoms with E-state index in [1.807, 2.05) is 31.2 Å². The summed E-state index contributed by atoms with van der Waals surface area (Å²) in [6.45, 7) is 7.16. The number of ether oxygens (including phenoxy) is 1. The maximum absolute atomic E-state index is 12.1. The minimum atomic E-state index is -1.24. The monoisotopic (exact) mass is 279 g/mol. The molecule has 0 aliphatic rings. The van der Waals surface area contributed by atoms with E-state index in [1.54, 1.807) is 20.8 Å². The van der Waals surface area contributed by atoms with E-state index >= 15 is 0 Å². The van der Waals surface area contributed by atoms with Gasteiger partial charge in [-0.25, -0.2) is 9.59 Å². The molecule has 110 valence electrons. The first-order valence-corrected chi connectivity index (χ1v) is 6.46. The van der Waals surface area contributed by atoms with Crippen LogP contribution < -0.4 is 5.32 Å². The van der Waals surface area contributed by atoms with E-state index in [4.69, 9.17) is 9.84 Å². The number of amides is 1. The van der Waals surface area contributed by atoms with Crippen LogP contribution in [0.5, 0.6) is 0 Å². The molecule has 1 atom stereocenters. The van der Waals surface area contributed by atoms with Crippen LogP contribution in [0.15, 0.2) is 24.3 Å². The topological polar surface area (TPSA) is 75.6 Å². The van der Waals surface area contributed by atoms with Gasteiger partial charge in [-0.2, -0.15) is 0 Å². The molecule has 0 spiro atoms. The summed E-state index contributed by atoms with van der Waals surface area (Å²) >= 11 is 0. The SMILES string of the molecule is Cc1ccccc1C[C@H](NC(=O)O)C(=O)OC(C)(C)C. The van der Waals surface area contributed by atoms with Gasteiger partial charge < -0.3 is 15.2 Å². The molecule has 0 fully saturated rings. The predicted molar refractivity (Wildman–Crippen MR) is 75.7 cm³/mol. The van der Waals surface area contributed by atoms with Crippen LogP contribution in [-0.4, -0.2) is 28.8 Å². The fourth-order valence-corrected chi connectivity index (χ4v) is 1.77. The van der Waals surface area contributed by atoms with Crippen LogP contribution in [0.4, 0.5) is 4.79 Å². The van der Waals surface area contributed by atoms with E-state index in [1.165, 1.54) is 0 Å². The molecule has 0 saturated carbocycles. The van der Waals surface area contributed by atoms with Crippen molar-refractivity contribution < 1.29 is 19.4 Å². The van der Waals surface area contributed by atoms with Gasteiger partial charge in [0.1, 0.15) is 11.6 Å². The van der Waals surface area contributed by atoms with Crippen LogP contribution in [0.1, 0.15) is 31.9 Å². The molecule has 2 N–H and O–H groups in total. The Morgan fingerprint density at radius 2 is 1.90 bits per heavy atom. The molecular formula is C15H21NO4. The highest BCUT2D eigenvalue weighted by Crippen LogP contribution is 2.14. The maximum atomic E-state index is 12.1. The molecule has 5 nitrogen and oxygen atoms in total. The molecule has 0 saturated heterocycles. The zero-order valence-electron chi connectivity index (χ0n) is 12.3. The smallest absolute Gasteiger partial charge is 0.405 e. The number of esters is 1. The van der Waals surface area contributed by atoms with Gasteiger partial charge in [-0.3, -0.25) is 0 Å². The summed E-state index contributed by atoms with van der Waals surface area (Å²) in [5.41, 5.74) is 1.27. The molecule has 1 aromatic rings. The van der Waals surface area contributed by atoms with Crippen molar-refractivity contribution >= 4 is 12.1 Å². The van der Waals surface area contributed by atoms with Crippen molar-refractivity contribution in [3.05, 3.63) is 35.4 Å². The Bertz CT molecular complexity index is 491. The summed E-state index contributed by atoms with van der Waals surface area (Å²) in [5, 5.41) is 11.1. The van der Waals surface area contributed by atoms with Crippen molar-refractivity contribution in [1.29, 1.82) is 0 Å². The molecule has 1 amide bonds. The van der Waals surface area contributed by atoms with Crippen LogP contribution in [0.2, 0.25) is 0 Å². The quantitative estimate of drug-likeness (QED) is 0.830. The molecule has 0 aliphatic carbocycles. The van der Waals surface area contributed by atoms with Crippen molar-refractivity contribution in [2.24, 2.45) is 0 Å². The van der Waals surface area contributed by atoms with Gasteiger partial charge in [0.15, 0.2) is 0 Å². The Morgan fingerprint density at radius 1 is 1.30 bits per heavy atom. The Kier molecular flexibility index (Phi) is 5.13. The van der Waals surface area contributed by atoms with Crippen LogP contribution >= 0.6 is 0 Å². The van der Waals surface area contributed by atoms with Crippen LogP contribution in [0.25, 0.3) is 0 Å². The number of aryl methyl sites for hydroxylation is 1. The van der Waals surface area contributed by atoms with Gasteiger partial charge in [0.05, 0.1) is 0 Å². The number of carboxylic acid groups (broad SMARTS) is 1. The summed E-state index contributed by atoms with van der Waals surface area (Å²) in [5.74, 6) is -0.567. The van der Waals surface area contributed by atoms with E-state index in [-0.39, 0.29) is 6.42 Å². The third-order valence-corrected chi connectivity index (χ3v) is 2.67. The molecule has 20 heavy (non-hydrogen) atoms. The summed E-state index contributed by atoms with van der Waals surface area (Å²) in [4.78, 5) is 22.9. The van der Waals surface area contributed by atoms with E-state index in [0.29, 0.717) is 0 Å². The number of hydrogen-bond acceptors (Lipinski definition) is 3. The maximum Gasteiger partial charge on any atom is 0.405 e. The van der Waals surface area contributed by atoms with Gasteiger partial charge >= 0.3 is 12.1 Å². The average Bonchev–Trinajstić information content (AvgIpc) is 2.28. The zero-order chi connectivity index (χ0) is 15.3. The third kappa shape index (κ3) is 5.30. The molecule has 0 heterocycles. The first kappa shape index (κ1) is 16.0. The number of carbonyl (C=O) groups excluding carboxylic acids is 1. The van der Waals surface area contributed by atoms with E-state index in [9.17, 15) is 9.59 Å². The molecule has 1 aromatic carbocycles. The molecule has 0 radical (unpaired) electrons. The molecular weight excluding hydrogens is 258 g/mol. The van der Waals surface area contributed by atoms with E-state index in [2.05, 4.69) is 5.32 Å². The van der Waals surface area contributed by atoms with Crippen molar-refractivity contribution in [3.63, 3.8) is 0 Å². The lowest BCUT2D eigenvalue weighted by Gasteiger charge is -2.24. The number of benzene rings is 1. The average molecular weight is 279 g/mol. The standard InChI is InChI=1S/C15H21NO4/c1-10-7-5-6-8-11(10)9-12(16-14(18)19)13(17)20-15(2,3)4/h5-8,12,16H,9H2,1-4H3,(H,18,19)/t12-/m0/s1. The summed E-state index contributed by atoms with van der Waals surface area (Å²) in [7, 11) is 0. The summed E-state index contributed by atoms with van der Waals surface area (Å²) in [6.07, 6.45) is -0.970. The third-order valence-electron chi connectivity index (χ3n) is 2.67. The lowest BCUT2D eigenvalue weighted by Crippen LogP contribution is -2.45. The Hall–Kier alpha value is -2.04.